The van der Waals surface area contributed by atoms with E-state index in [1.54, 1.807) is 0 Å². The Kier molecular flexibility index (Phi) is 4.19. The van der Waals surface area contributed by atoms with Crippen LogP contribution in [0, 0.1) is 11.3 Å². The van der Waals surface area contributed by atoms with E-state index in [-0.39, 0.29) is 47.0 Å². The number of aliphatic hydroxyl groups is 1. The summed E-state index contributed by atoms with van der Waals surface area (Å²) in [6, 6.07) is 8.67. The van der Waals surface area contributed by atoms with Crippen molar-refractivity contribution in [1.82, 2.24) is 4.98 Å². The van der Waals surface area contributed by atoms with Crippen LogP contribution < -0.4 is 0 Å². The highest BCUT2D eigenvalue weighted by molar-refractivity contribution is 5.86. The van der Waals surface area contributed by atoms with Crippen molar-refractivity contribution in [2.45, 2.75) is 138 Å². The van der Waals surface area contributed by atoms with Crippen LogP contribution in [0.5, 0.6) is 0 Å². The van der Waals surface area contributed by atoms with E-state index >= 15 is 0 Å². The Morgan fingerprint density at radius 2 is 1.59 bits per heavy atom. The van der Waals surface area contributed by atoms with Crippen LogP contribution in [0.1, 0.15) is 78.5 Å². The van der Waals surface area contributed by atoms with Gasteiger partial charge in [0.1, 0.15) is 30.0 Å². The van der Waals surface area contributed by atoms with Gasteiger partial charge in [-0.15, -0.1) is 0 Å². The van der Waals surface area contributed by atoms with Gasteiger partial charge in [0.15, 0.2) is 11.9 Å². The number of benzene rings is 1. The molecule has 1 spiro atoms. The zero-order valence-corrected chi connectivity index (χ0v) is 23.9. The first-order valence-electron chi connectivity index (χ1n) is 15.0. The Hall–Kier alpha value is -1.48. The topological polar surface area (TPSA) is 88.8 Å². The fourth-order valence-corrected chi connectivity index (χ4v) is 10.4. The van der Waals surface area contributed by atoms with Gasteiger partial charge in [-0.1, -0.05) is 32.0 Å². The van der Waals surface area contributed by atoms with Gasteiger partial charge >= 0.3 is 0 Å². The van der Waals surface area contributed by atoms with Crippen molar-refractivity contribution in [3.8, 4) is 0 Å². The summed E-state index contributed by atoms with van der Waals surface area (Å²) >= 11 is 0. The minimum absolute atomic E-state index is 0.113. The van der Waals surface area contributed by atoms with Gasteiger partial charge in [-0.3, -0.25) is 0 Å². The Morgan fingerprint density at radius 3 is 2.36 bits per heavy atom. The van der Waals surface area contributed by atoms with Crippen molar-refractivity contribution in [3.63, 3.8) is 0 Å². The molecule has 2 saturated carbocycles. The lowest BCUT2D eigenvalue weighted by atomic mass is 9.40. The molecular weight excluding hydrogens is 494 g/mol. The molecular formula is C32H41NO6. The maximum Gasteiger partial charge on any atom is 0.187 e. The fourth-order valence-electron chi connectivity index (χ4n) is 10.4. The molecule has 1 aromatic heterocycles. The summed E-state index contributed by atoms with van der Waals surface area (Å²) in [4.78, 5) is 3.84. The number of hydrogen-bond acceptors (Lipinski definition) is 6. The zero-order chi connectivity index (χ0) is 27.0. The molecule has 39 heavy (non-hydrogen) atoms. The van der Waals surface area contributed by atoms with Gasteiger partial charge in [0.05, 0.1) is 17.3 Å². The van der Waals surface area contributed by atoms with Crippen molar-refractivity contribution in [2.75, 3.05) is 0 Å². The molecule has 4 aliphatic heterocycles. The Labute approximate surface area is 229 Å². The van der Waals surface area contributed by atoms with Crippen molar-refractivity contribution >= 4 is 10.9 Å². The number of hydrogen-bond donors (Lipinski definition) is 2. The number of para-hydroxylation sites is 1. The highest BCUT2D eigenvalue weighted by atomic mass is 16.8. The van der Waals surface area contributed by atoms with Gasteiger partial charge in [-0.25, -0.2) is 0 Å². The normalized spacial score (nSPS) is 53.6. The summed E-state index contributed by atoms with van der Waals surface area (Å²) < 4.78 is 32.7. The molecule has 5 heterocycles. The first-order chi connectivity index (χ1) is 18.4. The average molecular weight is 536 g/mol. The number of nitrogens with one attached hydrogen (secondary N) is 1. The number of fused-ring (bicyclic) bond motifs is 9. The second kappa shape index (κ2) is 6.77. The molecule has 4 saturated heterocycles. The standard InChI is InChI=1S/C32H41NO6/c1-27(2)23-21(36-26(39-27)25-28(3,4)37-25)24-32(38-24)20(35-23)12-13-29(5)30(6)16(11-14-31(29,32)34)15-18-17-9-7-8-10-19(17)33-22(18)30/h7-10,16,20-21,23-26,33-34H,11-15H2,1-6H3/t16-,20-,21+,23-,24+,25?,26-,29+,30+,31-,32-/m1/s1. The average Bonchev–Trinajstić information content (AvgIpc) is 3.71. The van der Waals surface area contributed by atoms with Crippen LogP contribution >= 0.6 is 0 Å². The molecule has 1 unspecified atom stereocenters. The lowest BCUT2D eigenvalue weighted by molar-refractivity contribution is -0.356. The van der Waals surface area contributed by atoms with Gasteiger partial charge in [0, 0.05) is 27.4 Å². The molecule has 2 N–H and O–H groups in total. The van der Waals surface area contributed by atoms with Crippen LogP contribution in [-0.2, 0) is 35.5 Å². The second-order valence-corrected chi connectivity index (χ2v) is 15.1. The number of aromatic amines is 1. The van der Waals surface area contributed by atoms with Gasteiger partial charge in [0.25, 0.3) is 0 Å². The minimum Gasteiger partial charge on any atom is -0.386 e. The molecule has 6 fully saturated rings. The van der Waals surface area contributed by atoms with E-state index < -0.39 is 23.1 Å². The van der Waals surface area contributed by atoms with Gasteiger partial charge in [-0.2, -0.15) is 0 Å². The number of epoxide rings is 2. The molecule has 7 nitrogen and oxygen atoms in total. The second-order valence-electron chi connectivity index (χ2n) is 15.1. The molecule has 3 aliphatic carbocycles. The van der Waals surface area contributed by atoms with Gasteiger partial charge < -0.3 is 33.8 Å². The minimum atomic E-state index is -1.03. The van der Waals surface area contributed by atoms with Crippen LogP contribution in [0.25, 0.3) is 10.9 Å². The third kappa shape index (κ3) is 2.52. The number of ether oxygens (including phenoxy) is 5. The molecule has 7 heteroatoms. The quantitative estimate of drug-likeness (QED) is 0.522. The molecule has 11 atom stereocenters. The summed E-state index contributed by atoms with van der Waals surface area (Å²) in [6.45, 7) is 13.1. The van der Waals surface area contributed by atoms with E-state index in [4.69, 9.17) is 23.7 Å². The van der Waals surface area contributed by atoms with Crippen molar-refractivity contribution < 1.29 is 28.8 Å². The Balaban J connectivity index is 1.13. The third-order valence-electron chi connectivity index (χ3n) is 12.8. The number of rotatable bonds is 1. The molecule has 0 bridgehead atoms. The lowest BCUT2D eigenvalue weighted by Crippen LogP contribution is -2.77. The van der Waals surface area contributed by atoms with Crippen molar-refractivity contribution in [2.24, 2.45) is 11.3 Å². The van der Waals surface area contributed by atoms with E-state index in [2.05, 4.69) is 70.8 Å². The molecule has 0 amide bonds. The maximum absolute atomic E-state index is 13.1. The Bertz CT molecular complexity index is 1420. The monoisotopic (exact) mass is 535 g/mol. The predicted molar refractivity (Wildman–Crippen MR) is 143 cm³/mol. The fraction of sp³-hybridized carbons (Fsp3) is 0.750. The van der Waals surface area contributed by atoms with Crippen LogP contribution in [0.4, 0.5) is 0 Å². The molecule has 210 valence electrons. The highest BCUT2D eigenvalue weighted by Crippen LogP contribution is 2.75. The summed E-state index contributed by atoms with van der Waals surface area (Å²) in [6.07, 6.45) is 2.96. The van der Waals surface area contributed by atoms with E-state index in [1.807, 2.05) is 0 Å². The van der Waals surface area contributed by atoms with Crippen LogP contribution in [-0.4, -0.2) is 69.3 Å². The predicted octanol–water partition coefficient (Wildman–Crippen LogP) is 4.53. The maximum atomic E-state index is 13.1. The molecule has 0 radical (unpaired) electrons. The number of aromatic nitrogens is 1. The summed E-state index contributed by atoms with van der Waals surface area (Å²) in [5, 5.41) is 14.5. The SMILES string of the molecule is CC1(C)OC1[C@@H]1O[C@H]2[C@@H](O[C@@H]3CC[C@]4(C)[C@](O)(CC[C@@H]5Cc6c([nH]c7ccccc67)[C@]54C)[C@@]34O[C@@H]24)C(C)(C)O1. The van der Waals surface area contributed by atoms with Crippen LogP contribution in [0.2, 0.25) is 0 Å². The van der Waals surface area contributed by atoms with E-state index in [0.717, 1.165) is 32.1 Å². The molecule has 7 aliphatic rings. The summed E-state index contributed by atoms with van der Waals surface area (Å²) in [7, 11) is 0. The molecule has 2 aromatic rings. The molecule has 9 rings (SSSR count). The third-order valence-corrected chi connectivity index (χ3v) is 12.8. The van der Waals surface area contributed by atoms with Crippen molar-refractivity contribution in [1.29, 1.82) is 0 Å². The lowest BCUT2D eigenvalue weighted by Gasteiger charge is -2.66. The first-order valence-corrected chi connectivity index (χ1v) is 15.0. The van der Waals surface area contributed by atoms with E-state index in [9.17, 15) is 5.11 Å². The van der Waals surface area contributed by atoms with E-state index in [0.29, 0.717) is 5.92 Å². The summed E-state index contributed by atoms with van der Waals surface area (Å²) in [5.41, 5.74) is 0.803. The zero-order valence-electron chi connectivity index (χ0n) is 23.9. The van der Waals surface area contributed by atoms with Crippen LogP contribution in [0.3, 0.4) is 0 Å². The Morgan fingerprint density at radius 1 is 0.846 bits per heavy atom. The summed E-state index contributed by atoms with van der Waals surface area (Å²) in [5.74, 6) is 0.493. The van der Waals surface area contributed by atoms with Crippen molar-refractivity contribution in [3.05, 3.63) is 35.5 Å². The van der Waals surface area contributed by atoms with E-state index in [1.165, 1.54) is 22.2 Å². The molecule has 1 aromatic carbocycles. The highest BCUT2D eigenvalue weighted by Gasteiger charge is 2.87. The smallest absolute Gasteiger partial charge is 0.187 e. The van der Waals surface area contributed by atoms with Crippen LogP contribution in [0.15, 0.2) is 24.3 Å². The largest absolute Gasteiger partial charge is 0.386 e. The first kappa shape index (κ1) is 24.2. The van der Waals surface area contributed by atoms with Gasteiger partial charge in [-0.05, 0) is 77.3 Å². The van der Waals surface area contributed by atoms with Gasteiger partial charge in [0.2, 0.25) is 0 Å². The number of H-pyrrole nitrogens is 1.